The molecular formula is C17H33N3O3. The highest BCUT2D eigenvalue weighted by Crippen LogP contribution is 2.20. The Labute approximate surface area is 139 Å². The molecule has 4 N–H and O–H groups in total. The Morgan fingerprint density at radius 2 is 1.91 bits per heavy atom. The van der Waals surface area contributed by atoms with Crippen LogP contribution in [0.15, 0.2) is 0 Å². The zero-order valence-corrected chi connectivity index (χ0v) is 14.9. The van der Waals surface area contributed by atoms with Crippen LogP contribution in [-0.2, 0) is 9.59 Å². The molecule has 0 bridgehead atoms. The van der Waals surface area contributed by atoms with Crippen molar-refractivity contribution in [1.29, 1.82) is 0 Å². The van der Waals surface area contributed by atoms with Gasteiger partial charge in [-0.3, -0.25) is 9.59 Å². The van der Waals surface area contributed by atoms with Gasteiger partial charge in [-0.15, -0.1) is 0 Å². The summed E-state index contributed by atoms with van der Waals surface area (Å²) in [6.45, 7) is 9.32. The van der Waals surface area contributed by atoms with Crippen molar-refractivity contribution < 1.29 is 14.7 Å². The first-order valence-electron chi connectivity index (χ1n) is 8.75. The van der Waals surface area contributed by atoms with Gasteiger partial charge in [-0.25, -0.2) is 0 Å². The smallest absolute Gasteiger partial charge is 0.253 e. The average Bonchev–Trinajstić information content (AvgIpc) is 2.93. The van der Waals surface area contributed by atoms with Gasteiger partial charge in [-0.1, -0.05) is 27.7 Å². The van der Waals surface area contributed by atoms with Crippen LogP contribution in [0.1, 0.15) is 53.4 Å². The van der Waals surface area contributed by atoms with Crippen molar-refractivity contribution in [2.75, 3.05) is 13.1 Å². The Morgan fingerprint density at radius 3 is 2.48 bits per heavy atom. The van der Waals surface area contributed by atoms with Crippen molar-refractivity contribution in [3.63, 3.8) is 0 Å². The summed E-state index contributed by atoms with van der Waals surface area (Å²) in [4.78, 5) is 26.3. The number of amides is 2. The van der Waals surface area contributed by atoms with Gasteiger partial charge >= 0.3 is 0 Å². The van der Waals surface area contributed by atoms with Crippen molar-refractivity contribution in [3.05, 3.63) is 0 Å². The fourth-order valence-corrected chi connectivity index (χ4v) is 2.93. The van der Waals surface area contributed by atoms with Crippen molar-refractivity contribution in [2.45, 2.75) is 71.6 Å². The van der Waals surface area contributed by atoms with E-state index in [4.69, 9.17) is 5.73 Å². The minimum absolute atomic E-state index is 0.124. The maximum absolute atomic E-state index is 12.5. The number of carbonyl (C=O) groups excluding carboxylic acids is 2. The largest absolute Gasteiger partial charge is 0.382 e. The SMILES string of the molecule is CC(C)CCNC(=O)[C@@H]1CCCN1C(=O)[C@@H](O)[C@H](N)CC(C)C. The van der Waals surface area contributed by atoms with Crippen LogP contribution in [0.4, 0.5) is 0 Å². The second kappa shape index (κ2) is 9.23. The molecular weight excluding hydrogens is 294 g/mol. The molecule has 0 aromatic heterocycles. The van der Waals surface area contributed by atoms with Gasteiger partial charge in [0.25, 0.3) is 5.91 Å². The molecule has 134 valence electrons. The molecule has 2 amide bonds. The first kappa shape index (κ1) is 19.9. The second-order valence-corrected chi connectivity index (χ2v) is 7.40. The number of nitrogens with one attached hydrogen (secondary N) is 1. The summed E-state index contributed by atoms with van der Waals surface area (Å²) in [5, 5.41) is 13.1. The number of nitrogens with zero attached hydrogens (tertiary/aromatic N) is 1. The summed E-state index contributed by atoms with van der Waals surface area (Å²) < 4.78 is 0. The van der Waals surface area contributed by atoms with E-state index in [1.807, 2.05) is 13.8 Å². The third-order valence-corrected chi connectivity index (χ3v) is 4.26. The minimum atomic E-state index is -1.23. The Kier molecular flexibility index (Phi) is 7.99. The molecule has 1 aliphatic heterocycles. The van der Waals surface area contributed by atoms with Gasteiger partial charge in [-0.05, 0) is 37.5 Å². The van der Waals surface area contributed by atoms with Crippen molar-refractivity contribution in [3.8, 4) is 0 Å². The molecule has 0 spiro atoms. The first-order valence-corrected chi connectivity index (χ1v) is 8.75. The van der Waals surface area contributed by atoms with Gasteiger partial charge in [0, 0.05) is 19.1 Å². The van der Waals surface area contributed by atoms with Crippen LogP contribution in [-0.4, -0.2) is 53.1 Å². The number of likely N-dealkylation sites (tertiary alicyclic amines) is 1. The molecule has 0 unspecified atom stereocenters. The van der Waals surface area contributed by atoms with Gasteiger partial charge in [0.2, 0.25) is 5.91 Å². The topological polar surface area (TPSA) is 95.7 Å². The lowest BCUT2D eigenvalue weighted by Crippen LogP contribution is -2.53. The normalized spacial score (nSPS) is 20.9. The van der Waals surface area contributed by atoms with Gasteiger partial charge in [0.15, 0.2) is 0 Å². The molecule has 0 radical (unpaired) electrons. The Morgan fingerprint density at radius 1 is 1.26 bits per heavy atom. The average molecular weight is 327 g/mol. The van der Waals surface area contributed by atoms with Crippen molar-refractivity contribution >= 4 is 11.8 Å². The summed E-state index contributed by atoms with van der Waals surface area (Å²) in [6.07, 6.45) is 1.67. The number of carbonyl (C=O) groups is 2. The maximum Gasteiger partial charge on any atom is 0.253 e. The van der Waals surface area contributed by atoms with E-state index in [2.05, 4.69) is 19.2 Å². The highest BCUT2D eigenvalue weighted by molar-refractivity contribution is 5.90. The van der Waals surface area contributed by atoms with E-state index in [1.165, 1.54) is 4.90 Å². The fraction of sp³-hybridized carbons (Fsp3) is 0.882. The van der Waals surface area contributed by atoms with E-state index in [0.29, 0.717) is 37.8 Å². The van der Waals surface area contributed by atoms with Crippen LogP contribution in [0.3, 0.4) is 0 Å². The van der Waals surface area contributed by atoms with E-state index >= 15 is 0 Å². The van der Waals surface area contributed by atoms with Gasteiger partial charge in [0.05, 0.1) is 0 Å². The Hall–Kier alpha value is -1.14. The maximum atomic E-state index is 12.5. The standard InChI is InChI=1S/C17H33N3O3/c1-11(2)7-8-19-16(22)14-6-5-9-20(14)17(23)15(21)13(18)10-12(3)4/h11-15,21H,5-10,18H2,1-4H3,(H,19,22)/t13-,14+,15+/m1/s1. The van der Waals surface area contributed by atoms with Crippen molar-refractivity contribution in [1.82, 2.24) is 10.2 Å². The van der Waals surface area contributed by atoms with Crippen LogP contribution in [0.5, 0.6) is 0 Å². The molecule has 1 saturated heterocycles. The second-order valence-electron chi connectivity index (χ2n) is 7.40. The van der Waals surface area contributed by atoms with Crippen LogP contribution < -0.4 is 11.1 Å². The van der Waals surface area contributed by atoms with Crippen LogP contribution >= 0.6 is 0 Å². The number of aliphatic hydroxyl groups excluding tert-OH is 1. The molecule has 0 aromatic rings. The van der Waals surface area contributed by atoms with Gasteiger partial charge < -0.3 is 21.1 Å². The van der Waals surface area contributed by atoms with E-state index in [-0.39, 0.29) is 5.91 Å². The number of nitrogens with two attached hydrogens (primary N) is 1. The van der Waals surface area contributed by atoms with E-state index in [1.54, 1.807) is 0 Å². The predicted octanol–water partition coefficient (Wildman–Crippen LogP) is 0.874. The molecule has 1 aliphatic rings. The van der Waals surface area contributed by atoms with Gasteiger partial charge in [0.1, 0.15) is 12.1 Å². The van der Waals surface area contributed by atoms with E-state index < -0.39 is 24.1 Å². The van der Waals surface area contributed by atoms with E-state index in [0.717, 1.165) is 12.8 Å². The molecule has 6 heteroatoms. The summed E-state index contributed by atoms with van der Waals surface area (Å²) in [5.74, 6) is 0.286. The van der Waals surface area contributed by atoms with Crippen LogP contribution in [0.2, 0.25) is 0 Å². The molecule has 1 rings (SSSR count). The lowest BCUT2D eigenvalue weighted by molar-refractivity contribution is -0.146. The molecule has 6 nitrogen and oxygen atoms in total. The Balaban J connectivity index is 2.59. The highest BCUT2D eigenvalue weighted by Gasteiger charge is 2.38. The summed E-state index contributed by atoms with van der Waals surface area (Å²) >= 11 is 0. The summed E-state index contributed by atoms with van der Waals surface area (Å²) in [6, 6.07) is -1.07. The summed E-state index contributed by atoms with van der Waals surface area (Å²) in [5.41, 5.74) is 5.92. The predicted molar refractivity (Wildman–Crippen MR) is 90.6 cm³/mol. The molecule has 23 heavy (non-hydrogen) atoms. The lowest BCUT2D eigenvalue weighted by atomic mass is 9.99. The van der Waals surface area contributed by atoms with Crippen molar-refractivity contribution in [2.24, 2.45) is 17.6 Å². The number of aliphatic hydroxyl groups is 1. The molecule has 0 aliphatic carbocycles. The monoisotopic (exact) mass is 327 g/mol. The highest BCUT2D eigenvalue weighted by atomic mass is 16.3. The summed E-state index contributed by atoms with van der Waals surface area (Å²) in [7, 11) is 0. The zero-order valence-electron chi connectivity index (χ0n) is 14.9. The molecule has 0 aromatic carbocycles. The fourth-order valence-electron chi connectivity index (χ4n) is 2.93. The van der Waals surface area contributed by atoms with Crippen LogP contribution in [0, 0.1) is 11.8 Å². The molecule has 3 atom stereocenters. The Bertz CT molecular complexity index is 399. The third kappa shape index (κ3) is 6.11. The van der Waals surface area contributed by atoms with Crippen LogP contribution in [0.25, 0.3) is 0 Å². The number of rotatable bonds is 8. The van der Waals surface area contributed by atoms with E-state index in [9.17, 15) is 14.7 Å². The molecule has 0 saturated carbocycles. The zero-order chi connectivity index (χ0) is 17.6. The minimum Gasteiger partial charge on any atom is -0.382 e. The lowest BCUT2D eigenvalue weighted by Gasteiger charge is -2.29. The molecule has 1 fully saturated rings. The number of hydrogen-bond acceptors (Lipinski definition) is 4. The first-order chi connectivity index (χ1) is 10.7. The quantitative estimate of drug-likeness (QED) is 0.616. The van der Waals surface area contributed by atoms with Gasteiger partial charge in [-0.2, -0.15) is 0 Å². The number of hydrogen-bond donors (Lipinski definition) is 3. The molecule has 1 heterocycles. The third-order valence-electron chi connectivity index (χ3n) is 4.26.